The highest BCUT2D eigenvalue weighted by Gasteiger charge is 2.28. The molecule has 2 amide bonds. The second-order valence-corrected chi connectivity index (χ2v) is 8.47. The van der Waals surface area contributed by atoms with Crippen molar-refractivity contribution in [2.24, 2.45) is 5.92 Å². The summed E-state index contributed by atoms with van der Waals surface area (Å²) in [7, 11) is 0. The Morgan fingerprint density at radius 2 is 1.91 bits per heavy atom. The van der Waals surface area contributed by atoms with Crippen molar-refractivity contribution in [1.82, 2.24) is 19.7 Å². The Kier molecular flexibility index (Phi) is 5.20. The van der Waals surface area contributed by atoms with E-state index in [9.17, 15) is 14.0 Å². The number of amides is 2. The van der Waals surface area contributed by atoms with Gasteiger partial charge in [-0.05, 0) is 60.7 Å². The van der Waals surface area contributed by atoms with Crippen LogP contribution < -0.4 is 5.32 Å². The molecule has 5 rings (SSSR count). The molecule has 7 nitrogen and oxygen atoms in total. The van der Waals surface area contributed by atoms with Gasteiger partial charge in [-0.1, -0.05) is 0 Å². The molecular formula is C24H24FN5O2. The fourth-order valence-corrected chi connectivity index (χ4v) is 4.13. The van der Waals surface area contributed by atoms with E-state index < -0.39 is 0 Å². The van der Waals surface area contributed by atoms with Crippen molar-refractivity contribution in [3.63, 3.8) is 0 Å². The molecule has 32 heavy (non-hydrogen) atoms. The minimum atomic E-state index is -0.313. The molecule has 1 fully saturated rings. The Balaban J connectivity index is 1.56. The Bertz CT molecular complexity index is 1180. The SMILES string of the molecule is CC(=O)N1CCn2nc(-c3ccc(F)cc3)c(-c3ccnc(NC(=O)CC4CC4)c3)c2C1. The van der Waals surface area contributed by atoms with Crippen molar-refractivity contribution in [1.29, 1.82) is 0 Å². The van der Waals surface area contributed by atoms with Gasteiger partial charge in [0, 0.05) is 37.2 Å². The van der Waals surface area contributed by atoms with E-state index >= 15 is 0 Å². The molecular weight excluding hydrogens is 409 g/mol. The van der Waals surface area contributed by atoms with Gasteiger partial charge in [0.25, 0.3) is 0 Å². The Morgan fingerprint density at radius 1 is 1.12 bits per heavy atom. The number of carbonyl (C=O) groups is 2. The lowest BCUT2D eigenvalue weighted by atomic mass is 9.98. The molecule has 1 aliphatic carbocycles. The molecule has 164 valence electrons. The molecule has 8 heteroatoms. The van der Waals surface area contributed by atoms with Gasteiger partial charge in [-0.3, -0.25) is 14.3 Å². The molecule has 1 N–H and O–H groups in total. The minimum absolute atomic E-state index is 0.00879. The number of rotatable bonds is 5. The van der Waals surface area contributed by atoms with Crippen LogP contribution in [0, 0.1) is 11.7 Å². The quantitative estimate of drug-likeness (QED) is 0.663. The highest BCUT2D eigenvalue weighted by molar-refractivity contribution is 5.91. The summed E-state index contributed by atoms with van der Waals surface area (Å²) >= 11 is 0. The van der Waals surface area contributed by atoms with Crippen LogP contribution in [-0.2, 0) is 22.7 Å². The van der Waals surface area contributed by atoms with Crippen LogP contribution in [0.4, 0.5) is 10.2 Å². The van der Waals surface area contributed by atoms with E-state index in [2.05, 4.69) is 10.3 Å². The van der Waals surface area contributed by atoms with Gasteiger partial charge >= 0.3 is 0 Å². The Hall–Kier alpha value is -3.55. The lowest BCUT2D eigenvalue weighted by molar-refractivity contribution is -0.130. The third-order valence-corrected chi connectivity index (χ3v) is 6.03. The topological polar surface area (TPSA) is 80.1 Å². The van der Waals surface area contributed by atoms with Gasteiger partial charge < -0.3 is 10.2 Å². The van der Waals surface area contributed by atoms with Crippen LogP contribution in [-0.4, -0.2) is 38.0 Å². The third kappa shape index (κ3) is 4.12. The number of hydrogen-bond acceptors (Lipinski definition) is 4. The zero-order valence-electron chi connectivity index (χ0n) is 17.8. The van der Waals surface area contributed by atoms with Crippen molar-refractivity contribution in [3.05, 3.63) is 54.1 Å². The molecule has 1 aliphatic heterocycles. The zero-order valence-corrected chi connectivity index (χ0v) is 17.8. The summed E-state index contributed by atoms with van der Waals surface area (Å²) in [6, 6.07) is 9.94. The molecule has 2 aromatic heterocycles. The molecule has 0 spiro atoms. The molecule has 0 bridgehead atoms. The highest BCUT2D eigenvalue weighted by atomic mass is 19.1. The van der Waals surface area contributed by atoms with Crippen molar-refractivity contribution < 1.29 is 14.0 Å². The van der Waals surface area contributed by atoms with Gasteiger partial charge in [-0.25, -0.2) is 9.37 Å². The molecule has 2 aliphatic rings. The maximum Gasteiger partial charge on any atom is 0.225 e. The van der Waals surface area contributed by atoms with Crippen molar-refractivity contribution in [2.45, 2.75) is 39.3 Å². The molecule has 3 heterocycles. The van der Waals surface area contributed by atoms with E-state index in [-0.39, 0.29) is 17.6 Å². The number of carbonyl (C=O) groups excluding carboxylic acids is 2. The zero-order chi connectivity index (χ0) is 22.2. The lowest BCUT2D eigenvalue weighted by Gasteiger charge is -2.27. The average molecular weight is 433 g/mol. The first-order chi connectivity index (χ1) is 15.5. The Labute approximate surface area is 185 Å². The first-order valence-corrected chi connectivity index (χ1v) is 10.9. The normalized spacial score (nSPS) is 15.4. The van der Waals surface area contributed by atoms with E-state index in [1.807, 2.05) is 16.8 Å². The number of nitrogens with zero attached hydrogens (tertiary/aromatic N) is 4. The van der Waals surface area contributed by atoms with E-state index in [0.717, 1.165) is 35.2 Å². The smallest absolute Gasteiger partial charge is 0.225 e. The first-order valence-electron chi connectivity index (χ1n) is 10.9. The number of halogens is 1. The summed E-state index contributed by atoms with van der Waals surface area (Å²) in [5, 5.41) is 7.71. The van der Waals surface area contributed by atoms with Crippen LogP contribution in [0.3, 0.4) is 0 Å². The van der Waals surface area contributed by atoms with E-state index in [1.165, 1.54) is 12.1 Å². The van der Waals surface area contributed by atoms with Gasteiger partial charge in [-0.15, -0.1) is 0 Å². The van der Waals surface area contributed by atoms with Crippen molar-refractivity contribution in [3.8, 4) is 22.4 Å². The predicted molar refractivity (Wildman–Crippen MR) is 118 cm³/mol. The summed E-state index contributed by atoms with van der Waals surface area (Å²) in [6.45, 7) is 3.17. The molecule has 0 unspecified atom stereocenters. The van der Waals surface area contributed by atoms with Gasteiger partial charge in [0.05, 0.1) is 18.8 Å². The van der Waals surface area contributed by atoms with Crippen LogP contribution in [0.5, 0.6) is 0 Å². The number of hydrogen-bond donors (Lipinski definition) is 1. The predicted octanol–water partition coefficient (Wildman–Crippen LogP) is 3.85. The second kappa shape index (κ2) is 8.18. The summed E-state index contributed by atoms with van der Waals surface area (Å²) in [5.41, 5.74) is 4.11. The number of fused-ring (bicyclic) bond motifs is 1. The maximum absolute atomic E-state index is 13.5. The van der Waals surface area contributed by atoms with E-state index in [4.69, 9.17) is 5.10 Å². The summed E-state index contributed by atoms with van der Waals surface area (Å²) < 4.78 is 15.5. The molecule has 3 aromatic rings. The van der Waals surface area contributed by atoms with Gasteiger partial charge in [-0.2, -0.15) is 5.10 Å². The lowest BCUT2D eigenvalue weighted by Crippen LogP contribution is -2.37. The van der Waals surface area contributed by atoms with E-state index in [1.54, 1.807) is 30.2 Å². The summed E-state index contributed by atoms with van der Waals surface area (Å²) in [5.74, 6) is 0.637. The van der Waals surface area contributed by atoms with Crippen LogP contribution in [0.2, 0.25) is 0 Å². The van der Waals surface area contributed by atoms with Crippen LogP contribution in [0.15, 0.2) is 42.6 Å². The van der Waals surface area contributed by atoms with Crippen LogP contribution >= 0.6 is 0 Å². The number of benzene rings is 1. The van der Waals surface area contributed by atoms with Gasteiger partial charge in [0.15, 0.2) is 0 Å². The largest absolute Gasteiger partial charge is 0.335 e. The second-order valence-electron chi connectivity index (χ2n) is 8.47. The van der Waals surface area contributed by atoms with Crippen molar-refractivity contribution in [2.75, 3.05) is 11.9 Å². The van der Waals surface area contributed by atoms with Crippen LogP contribution in [0.25, 0.3) is 22.4 Å². The maximum atomic E-state index is 13.5. The summed E-state index contributed by atoms with van der Waals surface area (Å²) in [4.78, 5) is 30.4. The molecule has 1 aromatic carbocycles. The average Bonchev–Trinajstić information content (AvgIpc) is 3.50. The van der Waals surface area contributed by atoms with Gasteiger partial charge in [0.2, 0.25) is 11.8 Å². The monoisotopic (exact) mass is 433 g/mol. The number of nitrogens with one attached hydrogen (secondary N) is 1. The van der Waals surface area contributed by atoms with E-state index in [0.29, 0.717) is 43.5 Å². The number of pyridine rings is 1. The molecule has 0 radical (unpaired) electrons. The molecule has 0 saturated heterocycles. The fourth-order valence-electron chi connectivity index (χ4n) is 4.13. The van der Waals surface area contributed by atoms with Crippen molar-refractivity contribution >= 4 is 17.6 Å². The van der Waals surface area contributed by atoms with Crippen LogP contribution in [0.1, 0.15) is 31.9 Å². The number of aromatic nitrogens is 3. The van der Waals surface area contributed by atoms with Gasteiger partial charge in [0.1, 0.15) is 17.3 Å². The third-order valence-electron chi connectivity index (χ3n) is 6.03. The fraction of sp³-hybridized carbons (Fsp3) is 0.333. The molecule has 1 saturated carbocycles. The Morgan fingerprint density at radius 3 is 2.62 bits per heavy atom. The highest BCUT2D eigenvalue weighted by Crippen LogP contribution is 2.37. The standard InChI is InChI=1S/C24H24FN5O2/c1-15(31)29-10-11-30-20(14-29)23(24(28-30)17-4-6-19(25)7-5-17)18-8-9-26-21(13-18)27-22(32)12-16-2-3-16/h4-9,13,16H,2-3,10-12,14H2,1H3,(H,26,27,32). The molecule has 0 atom stereocenters. The summed E-state index contributed by atoms with van der Waals surface area (Å²) in [6.07, 6.45) is 4.39. The first kappa shape index (κ1) is 20.4. The number of anilines is 1. The minimum Gasteiger partial charge on any atom is -0.335 e.